The number of carbonyl (C=O) groups is 1. The van der Waals surface area contributed by atoms with Crippen LogP contribution in [0, 0.1) is 5.92 Å². The molecule has 4 rings (SSSR count). The van der Waals surface area contributed by atoms with Crippen LogP contribution in [0.1, 0.15) is 83.5 Å². The third-order valence-electron chi connectivity index (χ3n) is 6.30. The molecule has 0 unspecified atom stereocenters. The molecule has 0 aromatic carbocycles. The fourth-order valence-electron chi connectivity index (χ4n) is 5.08. The minimum atomic E-state index is -0.658. The summed E-state index contributed by atoms with van der Waals surface area (Å²) in [6, 6.07) is 0. The Bertz CT molecular complexity index is 515. The van der Waals surface area contributed by atoms with Gasteiger partial charge in [0.05, 0.1) is 0 Å². The quantitative estimate of drug-likeness (QED) is 0.667. The van der Waals surface area contributed by atoms with Crippen molar-refractivity contribution in [3.8, 4) is 0 Å². The monoisotopic (exact) mass is 410 g/mol. The molecule has 0 amide bonds. The molecule has 0 aromatic rings. The standard InChI is InChI=1S/C13H17.C7H12O2.2CH3O.Ti/c1-3-7-12-10(5-1)9-11-6-2-4-8-13(11)12;8-7(9)6-4-2-1-3-5-6;2*1-2;/h9H,1-8H2;6H,1-5H2,(H,8,9);2*1H3;/q;;2*-1;+3/p-1. The van der Waals surface area contributed by atoms with Crippen LogP contribution in [0.2, 0.25) is 4.22 Å². The van der Waals surface area contributed by atoms with Crippen molar-refractivity contribution in [3.05, 3.63) is 22.3 Å². The van der Waals surface area contributed by atoms with Crippen LogP contribution in [-0.2, 0) is 27.7 Å². The molecule has 0 N–H and O–H groups in total. The Labute approximate surface area is 173 Å². The third kappa shape index (κ3) is 5.56. The van der Waals surface area contributed by atoms with E-state index in [-0.39, 0.29) is 11.9 Å². The van der Waals surface area contributed by atoms with Crippen LogP contribution in [0.5, 0.6) is 0 Å². The molecule has 4 aliphatic rings. The Kier molecular flexibility index (Phi) is 10.3. The first-order chi connectivity index (χ1) is 13.3. The maximum atomic E-state index is 12.5. The summed E-state index contributed by atoms with van der Waals surface area (Å²) in [5.74, 6) is 0.362. The molecule has 0 atom stereocenters. The van der Waals surface area contributed by atoms with Crippen molar-refractivity contribution in [1.29, 1.82) is 0 Å². The zero-order valence-electron chi connectivity index (χ0n) is 17.0. The normalized spacial score (nSPS) is 22.5. The van der Waals surface area contributed by atoms with Crippen LogP contribution in [-0.4, -0.2) is 20.2 Å². The van der Waals surface area contributed by atoms with E-state index in [0.717, 1.165) is 27.1 Å². The van der Waals surface area contributed by atoms with Gasteiger partial charge >= 0.3 is 150 Å². The third-order valence-corrected chi connectivity index (χ3v) is 8.25. The van der Waals surface area contributed by atoms with Gasteiger partial charge in [-0.15, -0.1) is 0 Å². The number of carbonyl (C=O) groups excluding carboxylic acids is 1. The minimum absolute atomic E-state index is 0.146. The van der Waals surface area contributed by atoms with Gasteiger partial charge in [-0.25, -0.2) is 0 Å². The van der Waals surface area contributed by atoms with Crippen LogP contribution in [0.3, 0.4) is 0 Å². The first-order valence-electron chi connectivity index (χ1n) is 10.6. The van der Waals surface area contributed by atoms with Crippen molar-refractivity contribution in [2.24, 2.45) is 5.92 Å². The van der Waals surface area contributed by atoms with Crippen LogP contribution in [0.25, 0.3) is 0 Å². The van der Waals surface area contributed by atoms with Gasteiger partial charge < -0.3 is 10.2 Å². The summed E-state index contributed by atoms with van der Waals surface area (Å²) < 4.78 is 6.56. The van der Waals surface area contributed by atoms with E-state index < -0.39 is 19.5 Å². The summed E-state index contributed by atoms with van der Waals surface area (Å²) >= 11 is -0.658. The summed E-state index contributed by atoms with van der Waals surface area (Å²) in [6.45, 7) is 0. The van der Waals surface area contributed by atoms with Crippen LogP contribution in [0.15, 0.2) is 22.3 Å². The molecule has 0 saturated heterocycles. The molecule has 1 saturated carbocycles. The van der Waals surface area contributed by atoms with Gasteiger partial charge in [0, 0.05) is 0 Å². The zero-order valence-corrected chi connectivity index (χ0v) is 18.5. The predicted molar refractivity (Wildman–Crippen MR) is 99.3 cm³/mol. The molecular formula is C22H34O4Ti. The van der Waals surface area contributed by atoms with E-state index in [9.17, 15) is 4.79 Å². The fraction of sp³-hybridized carbons (Fsp3) is 0.773. The summed E-state index contributed by atoms with van der Waals surface area (Å²) in [5, 5.41) is 16.5. The maximum absolute atomic E-state index is 12.5. The van der Waals surface area contributed by atoms with E-state index in [4.69, 9.17) is 13.5 Å². The van der Waals surface area contributed by atoms with Crippen molar-refractivity contribution in [1.82, 2.24) is 0 Å². The van der Waals surface area contributed by atoms with E-state index in [1.54, 1.807) is 22.3 Å². The first-order valence-corrected chi connectivity index (χ1v) is 12.1. The Hall–Kier alpha value is -0.416. The molecule has 4 aliphatic carbocycles. The number of fused-ring (bicyclic) bond motifs is 1. The Morgan fingerprint density at radius 1 is 0.778 bits per heavy atom. The fourth-order valence-corrected chi connectivity index (χ4v) is 7.14. The first kappa shape index (κ1) is 22.9. The molecular weight excluding hydrogens is 376 g/mol. The summed E-state index contributed by atoms with van der Waals surface area (Å²) in [5.41, 5.74) is 6.85. The molecule has 0 radical (unpaired) electrons. The summed E-state index contributed by atoms with van der Waals surface area (Å²) in [7, 11) is 1.50. The van der Waals surface area contributed by atoms with Gasteiger partial charge in [-0.1, -0.05) is 0 Å². The molecule has 0 bridgehead atoms. The Morgan fingerprint density at radius 3 is 1.78 bits per heavy atom. The van der Waals surface area contributed by atoms with Crippen molar-refractivity contribution < 1.29 is 37.9 Å². The van der Waals surface area contributed by atoms with Gasteiger partial charge in [0.15, 0.2) is 0 Å². The van der Waals surface area contributed by atoms with E-state index in [1.807, 2.05) is 0 Å². The molecule has 0 heterocycles. The van der Waals surface area contributed by atoms with Gasteiger partial charge in [0.2, 0.25) is 0 Å². The van der Waals surface area contributed by atoms with Gasteiger partial charge in [-0.05, 0) is 0 Å². The van der Waals surface area contributed by atoms with E-state index >= 15 is 0 Å². The second kappa shape index (κ2) is 12.2. The molecule has 4 nitrogen and oxygen atoms in total. The molecule has 150 valence electrons. The van der Waals surface area contributed by atoms with Crippen molar-refractivity contribution in [2.45, 2.75) is 87.7 Å². The number of hydrogen-bond acceptors (Lipinski definition) is 4. The Balaban J connectivity index is 0.000000614. The second-order valence-electron chi connectivity index (χ2n) is 7.73. The number of allylic oxidation sites excluding steroid dienone is 4. The van der Waals surface area contributed by atoms with Crippen molar-refractivity contribution in [3.63, 3.8) is 0 Å². The molecule has 1 fully saturated rings. The topological polar surface area (TPSA) is 72.4 Å². The van der Waals surface area contributed by atoms with E-state index in [2.05, 4.69) is 0 Å². The van der Waals surface area contributed by atoms with Crippen molar-refractivity contribution >= 4 is 5.97 Å². The molecule has 0 spiro atoms. The molecule has 0 aliphatic heterocycles. The SMILES string of the molecule is C[O-].C[O-].O=C([O][Ti+2][CH]1C2=C(CCCC2)C2=C1CCCC2)C1CCCCC1. The summed E-state index contributed by atoms with van der Waals surface area (Å²) in [6.07, 6.45) is 16.4. The molecule has 27 heavy (non-hydrogen) atoms. The van der Waals surface area contributed by atoms with Crippen molar-refractivity contribution in [2.75, 3.05) is 14.2 Å². The van der Waals surface area contributed by atoms with Gasteiger partial charge in [-0.3, -0.25) is 0 Å². The average molecular weight is 410 g/mol. The molecule has 0 aromatic heterocycles. The van der Waals surface area contributed by atoms with Crippen LogP contribution in [0.4, 0.5) is 0 Å². The zero-order chi connectivity index (χ0) is 19.6. The van der Waals surface area contributed by atoms with E-state index in [1.165, 1.54) is 70.6 Å². The number of rotatable bonds is 3. The number of hydrogen-bond donors (Lipinski definition) is 0. The second-order valence-corrected chi connectivity index (χ2v) is 9.32. The van der Waals surface area contributed by atoms with Crippen LogP contribution >= 0.6 is 0 Å². The van der Waals surface area contributed by atoms with Gasteiger partial charge in [-0.2, -0.15) is 14.2 Å². The Morgan fingerprint density at radius 2 is 1.26 bits per heavy atom. The van der Waals surface area contributed by atoms with Gasteiger partial charge in [0.1, 0.15) is 0 Å². The molecule has 5 heteroatoms. The predicted octanol–water partition coefficient (Wildman–Crippen LogP) is 3.60. The van der Waals surface area contributed by atoms with Gasteiger partial charge in [0.25, 0.3) is 0 Å². The van der Waals surface area contributed by atoms with E-state index in [0.29, 0.717) is 4.22 Å². The van der Waals surface area contributed by atoms with Crippen LogP contribution < -0.4 is 10.2 Å². The average Bonchev–Trinajstić information content (AvgIpc) is 3.09. The summed E-state index contributed by atoms with van der Waals surface area (Å²) in [4.78, 5) is 12.5.